The van der Waals surface area contributed by atoms with Crippen molar-refractivity contribution in [3.63, 3.8) is 0 Å². The van der Waals surface area contributed by atoms with Crippen LogP contribution in [0, 0.1) is 0 Å². The van der Waals surface area contributed by atoms with Crippen molar-refractivity contribution in [3.05, 3.63) is 41.0 Å². The highest BCUT2D eigenvalue weighted by atomic mass is 15.1. The summed E-state index contributed by atoms with van der Waals surface area (Å²) in [6, 6.07) is 6.52. The molecule has 1 aromatic carbocycles. The largest absolute Gasteiger partial charge is 0.378 e. The highest BCUT2D eigenvalue weighted by molar-refractivity contribution is 5.87. The molecular formula is C17H19N3. The van der Waals surface area contributed by atoms with Gasteiger partial charge >= 0.3 is 0 Å². The summed E-state index contributed by atoms with van der Waals surface area (Å²) in [7, 11) is 4.12. The molecule has 0 saturated heterocycles. The van der Waals surface area contributed by atoms with Crippen molar-refractivity contribution < 1.29 is 0 Å². The Labute approximate surface area is 118 Å². The van der Waals surface area contributed by atoms with Gasteiger partial charge in [-0.05, 0) is 37.3 Å². The lowest BCUT2D eigenvalue weighted by Gasteiger charge is -2.14. The van der Waals surface area contributed by atoms with E-state index >= 15 is 0 Å². The van der Waals surface area contributed by atoms with Gasteiger partial charge in [-0.15, -0.1) is 0 Å². The molecule has 20 heavy (non-hydrogen) atoms. The quantitative estimate of drug-likeness (QED) is 0.672. The van der Waals surface area contributed by atoms with Crippen LogP contribution in [0.3, 0.4) is 0 Å². The average molecular weight is 265 g/mol. The maximum absolute atomic E-state index is 4.45. The lowest BCUT2D eigenvalue weighted by molar-refractivity contribution is 1.13. The summed E-state index contributed by atoms with van der Waals surface area (Å²) >= 11 is 0. The molecule has 3 nitrogen and oxygen atoms in total. The minimum Gasteiger partial charge on any atom is -0.378 e. The summed E-state index contributed by atoms with van der Waals surface area (Å²) in [6.45, 7) is 8.51. The van der Waals surface area contributed by atoms with E-state index in [4.69, 9.17) is 0 Å². The molecule has 0 aliphatic carbocycles. The number of hydrogen-bond donors (Lipinski definition) is 0. The number of pyridine rings is 1. The van der Waals surface area contributed by atoms with Gasteiger partial charge in [0.15, 0.2) is 0 Å². The van der Waals surface area contributed by atoms with Crippen molar-refractivity contribution in [3.8, 4) is 0 Å². The molecule has 0 spiro atoms. The monoisotopic (exact) mass is 265 g/mol. The summed E-state index contributed by atoms with van der Waals surface area (Å²) in [6.07, 6.45) is 3.83. The van der Waals surface area contributed by atoms with Crippen molar-refractivity contribution in [2.24, 2.45) is 0 Å². The number of anilines is 1. The first-order chi connectivity index (χ1) is 9.50. The molecule has 0 aliphatic heterocycles. The third-order valence-corrected chi connectivity index (χ3v) is 3.74. The summed E-state index contributed by atoms with van der Waals surface area (Å²) in [5.74, 6) is 0. The number of imidazole rings is 1. The third-order valence-electron chi connectivity index (χ3n) is 3.74. The van der Waals surface area contributed by atoms with Crippen LogP contribution in [0.25, 0.3) is 28.7 Å². The topological polar surface area (TPSA) is 20.5 Å². The Morgan fingerprint density at radius 3 is 2.65 bits per heavy atom. The lowest BCUT2D eigenvalue weighted by atomic mass is 10.1. The third kappa shape index (κ3) is 1.70. The zero-order valence-electron chi connectivity index (χ0n) is 12.4. The van der Waals surface area contributed by atoms with Crippen LogP contribution >= 0.6 is 0 Å². The van der Waals surface area contributed by atoms with E-state index < -0.39 is 0 Å². The Morgan fingerprint density at radius 2 is 2.00 bits per heavy atom. The van der Waals surface area contributed by atoms with Crippen LogP contribution in [0.1, 0.15) is 13.8 Å². The van der Waals surface area contributed by atoms with Crippen LogP contribution in [0.4, 0.5) is 5.69 Å². The SMILES string of the molecule is C=c1c(=C(C)C)c2cc(N(C)C)ccc2n2ccnc12. The smallest absolute Gasteiger partial charge is 0.144 e. The minimum atomic E-state index is 0.936. The summed E-state index contributed by atoms with van der Waals surface area (Å²) in [4.78, 5) is 6.57. The predicted molar refractivity (Wildman–Crippen MR) is 86.6 cm³/mol. The first-order valence-electron chi connectivity index (χ1n) is 6.73. The van der Waals surface area contributed by atoms with Gasteiger partial charge in [0.25, 0.3) is 0 Å². The Morgan fingerprint density at radius 1 is 1.25 bits per heavy atom. The molecule has 3 rings (SSSR count). The molecule has 2 heterocycles. The van der Waals surface area contributed by atoms with Crippen LogP contribution in [0.5, 0.6) is 0 Å². The second-order valence-corrected chi connectivity index (χ2v) is 5.57. The Hall–Kier alpha value is -2.29. The Kier molecular flexibility index (Phi) is 2.78. The molecule has 0 N–H and O–H groups in total. The van der Waals surface area contributed by atoms with E-state index in [0.717, 1.165) is 10.9 Å². The van der Waals surface area contributed by atoms with Gasteiger partial charge in [-0.3, -0.25) is 4.40 Å². The highest BCUT2D eigenvalue weighted by Crippen LogP contribution is 2.18. The highest BCUT2D eigenvalue weighted by Gasteiger charge is 2.07. The zero-order chi connectivity index (χ0) is 14.4. The molecule has 0 fully saturated rings. The average Bonchev–Trinajstić information content (AvgIpc) is 2.87. The van der Waals surface area contributed by atoms with Gasteiger partial charge in [0.1, 0.15) is 5.65 Å². The number of nitrogens with zero attached hydrogens (tertiary/aromatic N) is 3. The molecule has 102 valence electrons. The van der Waals surface area contributed by atoms with Crippen molar-refractivity contribution in [1.29, 1.82) is 0 Å². The molecule has 2 aromatic heterocycles. The fraction of sp³-hybridized carbons (Fsp3) is 0.235. The molecule has 0 amide bonds. The van der Waals surface area contributed by atoms with Crippen molar-refractivity contribution >= 4 is 34.4 Å². The van der Waals surface area contributed by atoms with Crippen LogP contribution in [0.15, 0.2) is 30.6 Å². The fourth-order valence-corrected chi connectivity index (χ4v) is 2.78. The van der Waals surface area contributed by atoms with Crippen molar-refractivity contribution in [2.75, 3.05) is 19.0 Å². The molecule has 3 aromatic rings. The summed E-state index contributed by atoms with van der Waals surface area (Å²) < 4.78 is 2.11. The zero-order valence-corrected chi connectivity index (χ0v) is 12.4. The number of benzene rings is 1. The minimum absolute atomic E-state index is 0.936. The van der Waals surface area contributed by atoms with E-state index in [1.54, 1.807) is 0 Å². The van der Waals surface area contributed by atoms with E-state index in [1.807, 2.05) is 12.4 Å². The molecule has 0 unspecified atom stereocenters. The van der Waals surface area contributed by atoms with Gasteiger partial charge in [-0.2, -0.15) is 0 Å². The number of rotatable bonds is 1. The number of hydrogen-bond acceptors (Lipinski definition) is 2. The lowest BCUT2D eigenvalue weighted by Crippen LogP contribution is -2.29. The van der Waals surface area contributed by atoms with Gasteiger partial charge in [0.2, 0.25) is 0 Å². The number of aromatic nitrogens is 2. The Bertz CT molecular complexity index is 913. The van der Waals surface area contributed by atoms with E-state index in [9.17, 15) is 0 Å². The van der Waals surface area contributed by atoms with Crippen molar-refractivity contribution in [2.45, 2.75) is 13.8 Å². The van der Waals surface area contributed by atoms with E-state index in [2.05, 4.69) is 67.0 Å². The molecule has 0 radical (unpaired) electrons. The molecule has 0 atom stereocenters. The Balaban J connectivity index is 2.66. The van der Waals surface area contributed by atoms with E-state index in [1.165, 1.54) is 27.4 Å². The van der Waals surface area contributed by atoms with Crippen LogP contribution < -0.4 is 15.3 Å². The van der Waals surface area contributed by atoms with E-state index in [0.29, 0.717) is 0 Å². The molecule has 0 bridgehead atoms. The van der Waals surface area contributed by atoms with Crippen LogP contribution in [0.2, 0.25) is 0 Å². The first-order valence-corrected chi connectivity index (χ1v) is 6.73. The van der Waals surface area contributed by atoms with E-state index in [-0.39, 0.29) is 0 Å². The van der Waals surface area contributed by atoms with Gasteiger partial charge in [-0.25, -0.2) is 4.98 Å². The van der Waals surface area contributed by atoms with Gasteiger partial charge in [0.05, 0.1) is 5.52 Å². The second-order valence-electron chi connectivity index (χ2n) is 5.57. The number of fused-ring (bicyclic) bond motifs is 3. The maximum atomic E-state index is 4.45. The standard InChI is InChI=1S/C17H19N3/c1-11(2)16-12(3)17-18-8-9-20(17)15-7-6-13(19(4)5)10-14(15)16/h6-10H,3H2,1-2,4-5H3. The van der Waals surface area contributed by atoms with Crippen molar-refractivity contribution in [1.82, 2.24) is 9.38 Å². The molecular weight excluding hydrogens is 246 g/mol. The van der Waals surface area contributed by atoms with Crippen LogP contribution in [-0.2, 0) is 0 Å². The maximum Gasteiger partial charge on any atom is 0.144 e. The second kappa shape index (κ2) is 4.37. The predicted octanol–water partition coefficient (Wildman–Crippen LogP) is 2.15. The first kappa shape index (κ1) is 12.7. The summed E-state index contributed by atoms with van der Waals surface area (Å²) in [5, 5.41) is 3.44. The molecule has 0 saturated carbocycles. The molecule has 3 heteroatoms. The summed E-state index contributed by atoms with van der Waals surface area (Å²) in [5.41, 5.74) is 4.57. The van der Waals surface area contributed by atoms with Gasteiger partial charge in [0, 0.05) is 42.8 Å². The van der Waals surface area contributed by atoms with Gasteiger partial charge < -0.3 is 4.90 Å². The van der Waals surface area contributed by atoms with Crippen LogP contribution in [-0.4, -0.2) is 23.5 Å². The van der Waals surface area contributed by atoms with Gasteiger partial charge in [-0.1, -0.05) is 12.2 Å². The molecule has 0 aliphatic rings. The normalized spacial score (nSPS) is 11.2. The fourth-order valence-electron chi connectivity index (χ4n) is 2.78.